The van der Waals surface area contributed by atoms with Gasteiger partial charge in [-0.1, -0.05) is 0 Å². The van der Waals surface area contributed by atoms with Gasteiger partial charge in [-0.25, -0.2) is 13.1 Å². The summed E-state index contributed by atoms with van der Waals surface area (Å²) in [4.78, 5) is 1.11. The first-order valence-electron chi connectivity index (χ1n) is 6.67. The van der Waals surface area contributed by atoms with E-state index in [1.54, 1.807) is 11.3 Å². The fourth-order valence-corrected chi connectivity index (χ4v) is 4.72. The molecule has 1 aliphatic rings. The average Bonchev–Trinajstić information content (AvgIpc) is 2.76. The SMILES string of the molecule is Cc1csc(CCS(=O)(=O)NC2CCC(O)CC2)c1. The lowest BCUT2D eigenvalue weighted by atomic mass is 9.94. The van der Waals surface area contributed by atoms with Crippen LogP contribution in [0.1, 0.15) is 36.1 Å². The predicted molar refractivity (Wildman–Crippen MR) is 77.9 cm³/mol. The van der Waals surface area contributed by atoms with E-state index in [0.717, 1.165) is 17.7 Å². The molecular weight excluding hydrogens is 282 g/mol. The number of aliphatic hydroxyl groups excluding tert-OH is 1. The number of sulfonamides is 1. The minimum Gasteiger partial charge on any atom is -0.393 e. The average molecular weight is 303 g/mol. The van der Waals surface area contributed by atoms with E-state index in [-0.39, 0.29) is 17.9 Å². The maximum Gasteiger partial charge on any atom is 0.212 e. The Morgan fingerprint density at radius 1 is 1.37 bits per heavy atom. The van der Waals surface area contributed by atoms with E-state index in [2.05, 4.69) is 4.72 Å². The Kier molecular flexibility index (Phi) is 5.00. The van der Waals surface area contributed by atoms with E-state index in [1.165, 1.54) is 5.56 Å². The second-order valence-corrected chi connectivity index (χ2v) is 8.15. The predicted octanol–water partition coefficient (Wildman–Crippen LogP) is 1.82. The van der Waals surface area contributed by atoms with E-state index in [9.17, 15) is 13.5 Å². The van der Waals surface area contributed by atoms with Gasteiger partial charge in [-0.2, -0.15) is 0 Å². The molecule has 0 aliphatic heterocycles. The first kappa shape index (κ1) is 15.0. The van der Waals surface area contributed by atoms with Gasteiger partial charge in [-0.15, -0.1) is 11.3 Å². The molecule has 6 heteroatoms. The highest BCUT2D eigenvalue weighted by atomic mass is 32.2. The number of hydrogen-bond donors (Lipinski definition) is 2. The quantitative estimate of drug-likeness (QED) is 0.872. The highest BCUT2D eigenvalue weighted by Gasteiger charge is 2.23. The molecule has 108 valence electrons. The van der Waals surface area contributed by atoms with Crippen LogP contribution in [-0.2, 0) is 16.4 Å². The lowest BCUT2D eigenvalue weighted by Crippen LogP contribution is -2.39. The molecule has 1 aromatic heterocycles. The van der Waals surface area contributed by atoms with Crippen LogP contribution in [0.3, 0.4) is 0 Å². The van der Waals surface area contributed by atoms with E-state index in [0.29, 0.717) is 19.3 Å². The van der Waals surface area contributed by atoms with Crippen molar-refractivity contribution >= 4 is 21.4 Å². The monoisotopic (exact) mass is 303 g/mol. The Bertz CT molecular complexity index is 502. The van der Waals surface area contributed by atoms with Crippen molar-refractivity contribution in [2.24, 2.45) is 0 Å². The zero-order valence-electron chi connectivity index (χ0n) is 11.1. The zero-order chi connectivity index (χ0) is 13.9. The molecule has 1 aliphatic carbocycles. The second-order valence-electron chi connectivity index (χ2n) is 5.28. The van der Waals surface area contributed by atoms with Crippen LogP contribution in [-0.4, -0.2) is 31.4 Å². The second kappa shape index (κ2) is 6.35. The molecule has 1 heterocycles. The molecule has 0 bridgehead atoms. The number of aliphatic hydroxyl groups is 1. The lowest BCUT2D eigenvalue weighted by molar-refractivity contribution is 0.120. The van der Waals surface area contributed by atoms with E-state index < -0.39 is 10.0 Å². The van der Waals surface area contributed by atoms with Gasteiger partial charge in [0.2, 0.25) is 10.0 Å². The molecule has 0 saturated heterocycles. The van der Waals surface area contributed by atoms with Crippen molar-refractivity contribution in [2.45, 2.75) is 51.2 Å². The standard InChI is InChI=1S/C13H21NO3S2/c1-10-8-13(18-9-10)6-7-19(16,17)14-11-2-4-12(15)5-3-11/h8-9,11-12,14-15H,2-7H2,1H3. The Balaban J connectivity index is 1.81. The molecule has 0 spiro atoms. The number of nitrogens with one attached hydrogen (secondary N) is 1. The molecule has 4 nitrogen and oxygen atoms in total. The molecule has 0 amide bonds. The third-order valence-corrected chi connectivity index (χ3v) is 5.99. The Hall–Kier alpha value is -0.430. The maximum atomic E-state index is 12.0. The summed E-state index contributed by atoms with van der Waals surface area (Å²) in [5.74, 6) is 0.145. The first-order chi connectivity index (χ1) is 8.94. The Labute approximate surface area is 118 Å². The van der Waals surface area contributed by atoms with Gasteiger partial charge in [-0.3, -0.25) is 0 Å². The van der Waals surface area contributed by atoms with Crippen LogP contribution in [0.5, 0.6) is 0 Å². The summed E-state index contributed by atoms with van der Waals surface area (Å²) in [7, 11) is -3.21. The highest BCUT2D eigenvalue weighted by molar-refractivity contribution is 7.89. The number of rotatable bonds is 5. The van der Waals surface area contributed by atoms with Crippen LogP contribution >= 0.6 is 11.3 Å². The minimum absolute atomic E-state index is 0.00141. The highest BCUT2D eigenvalue weighted by Crippen LogP contribution is 2.19. The summed E-state index contributed by atoms with van der Waals surface area (Å²) in [5, 5.41) is 11.4. The molecule has 1 aromatic rings. The van der Waals surface area contributed by atoms with Gasteiger partial charge in [0.25, 0.3) is 0 Å². The van der Waals surface area contributed by atoms with Crippen molar-refractivity contribution in [3.8, 4) is 0 Å². The molecule has 0 unspecified atom stereocenters. The van der Waals surface area contributed by atoms with Gasteiger partial charge in [0.15, 0.2) is 0 Å². The van der Waals surface area contributed by atoms with Gasteiger partial charge in [0, 0.05) is 10.9 Å². The topological polar surface area (TPSA) is 66.4 Å². The van der Waals surface area contributed by atoms with Crippen molar-refractivity contribution < 1.29 is 13.5 Å². The van der Waals surface area contributed by atoms with Gasteiger partial charge in [-0.05, 0) is 56.0 Å². The fraction of sp³-hybridized carbons (Fsp3) is 0.692. The van der Waals surface area contributed by atoms with Gasteiger partial charge >= 0.3 is 0 Å². The molecule has 1 saturated carbocycles. The van der Waals surface area contributed by atoms with E-state index in [4.69, 9.17) is 0 Å². The van der Waals surface area contributed by atoms with Crippen LogP contribution < -0.4 is 4.72 Å². The summed E-state index contributed by atoms with van der Waals surface area (Å²) < 4.78 is 26.7. The first-order valence-corrected chi connectivity index (χ1v) is 9.20. The summed E-state index contributed by atoms with van der Waals surface area (Å²) >= 11 is 1.61. The summed E-state index contributed by atoms with van der Waals surface area (Å²) in [6.45, 7) is 2.01. The molecular formula is C13H21NO3S2. The minimum atomic E-state index is -3.21. The largest absolute Gasteiger partial charge is 0.393 e. The third-order valence-electron chi connectivity index (χ3n) is 3.44. The number of thiophene rings is 1. The third kappa shape index (κ3) is 4.87. The molecule has 0 aromatic carbocycles. The molecule has 2 rings (SSSR count). The van der Waals surface area contributed by atoms with E-state index >= 15 is 0 Å². The van der Waals surface area contributed by atoms with Crippen molar-refractivity contribution in [3.63, 3.8) is 0 Å². The normalized spacial score (nSPS) is 24.5. The Morgan fingerprint density at radius 2 is 2.05 bits per heavy atom. The van der Waals surface area contributed by atoms with Gasteiger partial charge < -0.3 is 5.11 Å². The van der Waals surface area contributed by atoms with Crippen LogP contribution in [0.25, 0.3) is 0 Å². The Morgan fingerprint density at radius 3 is 2.63 bits per heavy atom. The molecule has 19 heavy (non-hydrogen) atoms. The van der Waals surface area contributed by atoms with Crippen molar-refractivity contribution in [3.05, 3.63) is 21.9 Å². The molecule has 0 atom stereocenters. The summed E-state index contributed by atoms with van der Waals surface area (Å²) in [6.07, 6.45) is 3.17. The van der Waals surface area contributed by atoms with Gasteiger partial charge in [0.1, 0.15) is 0 Å². The smallest absolute Gasteiger partial charge is 0.212 e. The zero-order valence-corrected chi connectivity index (χ0v) is 12.8. The lowest BCUT2D eigenvalue weighted by Gasteiger charge is -2.25. The fourth-order valence-electron chi connectivity index (χ4n) is 2.36. The van der Waals surface area contributed by atoms with Crippen molar-refractivity contribution in [1.82, 2.24) is 4.72 Å². The van der Waals surface area contributed by atoms with Crippen LogP contribution in [0.2, 0.25) is 0 Å². The van der Waals surface area contributed by atoms with Crippen LogP contribution in [0, 0.1) is 6.92 Å². The molecule has 1 fully saturated rings. The molecule has 0 radical (unpaired) electrons. The summed E-state index contributed by atoms with van der Waals surface area (Å²) in [6, 6.07) is 2.04. The summed E-state index contributed by atoms with van der Waals surface area (Å²) in [5.41, 5.74) is 1.19. The van der Waals surface area contributed by atoms with E-state index in [1.807, 2.05) is 18.4 Å². The molecule has 2 N–H and O–H groups in total. The van der Waals surface area contributed by atoms with Crippen LogP contribution in [0.4, 0.5) is 0 Å². The van der Waals surface area contributed by atoms with Crippen molar-refractivity contribution in [2.75, 3.05) is 5.75 Å². The number of aryl methyl sites for hydroxylation is 2. The maximum absolute atomic E-state index is 12.0. The van der Waals surface area contributed by atoms with Crippen LogP contribution in [0.15, 0.2) is 11.4 Å². The van der Waals surface area contributed by atoms with Crippen molar-refractivity contribution in [1.29, 1.82) is 0 Å². The van der Waals surface area contributed by atoms with Gasteiger partial charge in [0.05, 0.1) is 11.9 Å². The number of hydrogen-bond acceptors (Lipinski definition) is 4.